The second-order valence-electron chi connectivity index (χ2n) is 3.64. The number of nitrogen functional groups attached to an aromatic ring is 1. The van der Waals surface area contributed by atoms with Crippen molar-refractivity contribution in [2.45, 2.75) is 0 Å². The van der Waals surface area contributed by atoms with E-state index in [1.165, 1.54) is 18.2 Å². The first-order valence-corrected chi connectivity index (χ1v) is 5.19. The summed E-state index contributed by atoms with van der Waals surface area (Å²) in [5.41, 5.74) is 5.53. The minimum absolute atomic E-state index is 0.167. The fraction of sp³-hybridized carbons (Fsp3) is 0. The zero-order valence-electron chi connectivity index (χ0n) is 9.28. The molecule has 0 heterocycles. The van der Waals surface area contributed by atoms with E-state index in [4.69, 9.17) is 5.73 Å². The lowest BCUT2D eigenvalue weighted by Gasteiger charge is -2.08. The molecule has 0 aliphatic carbocycles. The quantitative estimate of drug-likeness (QED) is 0.803. The molecule has 92 valence electrons. The van der Waals surface area contributed by atoms with Crippen LogP contribution in [0.15, 0.2) is 42.5 Å². The predicted octanol–water partition coefficient (Wildman–Crippen LogP) is 2.80. The van der Waals surface area contributed by atoms with Gasteiger partial charge in [0.25, 0.3) is 5.91 Å². The van der Waals surface area contributed by atoms with Crippen LogP contribution in [-0.4, -0.2) is 5.91 Å². The Hall–Kier alpha value is -2.43. The Bertz CT molecular complexity index is 579. The smallest absolute Gasteiger partial charge is 0.257 e. The number of nitrogens with two attached hydrogens (primary N) is 1. The molecule has 0 aromatic heterocycles. The van der Waals surface area contributed by atoms with E-state index in [0.29, 0.717) is 0 Å². The number of nitrogens with one attached hydrogen (secondary N) is 1. The fourth-order valence-corrected chi connectivity index (χ4v) is 1.50. The number of para-hydroxylation sites is 2. The Morgan fingerprint density at radius 1 is 1.00 bits per heavy atom. The maximum atomic E-state index is 13.3. The van der Waals surface area contributed by atoms with Crippen LogP contribution in [0.1, 0.15) is 10.4 Å². The van der Waals surface area contributed by atoms with Crippen molar-refractivity contribution in [1.82, 2.24) is 0 Å². The van der Waals surface area contributed by atoms with Gasteiger partial charge in [0, 0.05) is 5.69 Å². The van der Waals surface area contributed by atoms with Crippen LogP contribution in [0.25, 0.3) is 0 Å². The maximum Gasteiger partial charge on any atom is 0.257 e. The van der Waals surface area contributed by atoms with Crippen LogP contribution < -0.4 is 11.1 Å². The van der Waals surface area contributed by atoms with Crippen molar-refractivity contribution in [1.29, 1.82) is 0 Å². The van der Waals surface area contributed by atoms with Crippen LogP contribution in [0.4, 0.5) is 20.2 Å². The van der Waals surface area contributed by atoms with Gasteiger partial charge in [-0.15, -0.1) is 0 Å². The van der Waals surface area contributed by atoms with E-state index >= 15 is 0 Å². The molecule has 0 radical (unpaired) electrons. The maximum absolute atomic E-state index is 13.3. The largest absolute Gasteiger partial charge is 0.398 e. The number of benzene rings is 2. The fourth-order valence-electron chi connectivity index (χ4n) is 1.50. The summed E-state index contributed by atoms with van der Waals surface area (Å²) in [5.74, 6) is -2.33. The van der Waals surface area contributed by atoms with Gasteiger partial charge in [-0.05, 0) is 24.3 Å². The summed E-state index contributed by atoms with van der Waals surface area (Å²) in [6, 6.07) is 9.63. The summed E-state index contributed by atoms with van der Waals surface area (Å²) < 4.78 is 26.7. The molecule has 1 amide bonds. The summed E-state index contributed by atoms with van der Waals surface area (Å²) in [6.45, 7) is 0. The Morgan fingerprint density at radius 3 is 2.22 bits per heavy atom. The predicted molar refractivity (Wildman–Crippen MR) is 65.2 cm³/mol. The molecule has 18 heavy (non-hydrogen) atoms. The average molecular weight is 248 g/mol. The van der Waals surface area contributed by atoms with Gasteiger partial charge in [0.1, 0.15) is 17.3 Å². The Labute approximate surface area is 102 Å². The van der Waals surface area contributed by atoms with Crippen LogP contribution in [0.2, 0.25) is 0 Å². The highest BCUT2D eigenvalue weighted by atomic mass is 19.1. The zero-order valence-corrected chi connectivity index (χ0v) is 9.28. The van der Waals surface area contributed by atoms with Crippen molar-refractivity contribution in [3.8, 4) is 0 Å². The van der Waals surface area contributed by atoms with Gasteiger partial charge in [-0.3, -0.25) is 4.79 Å². The van der Waals surface area contributed by atoms with Crippen molar-refractivity contribution in [3.63, 3.8) is 0 Å². The highest BCUT2D eigenvalue weighted by Crippen LogP contribution is 2.20. The van der Waals surface area contributed by atoms with Gasteiger partial charge in [0.2, 0.25) is 0 Å². The molecule has 3 nitrogen and oxygen atoms in total. The molecule has 0 fully saturated rings. The van der Waals surface area contributed by atoms with E-state index < -0.39 is 23.2 Å². The molecule has 0 atom stereocenters. The molecular formula is C13H10F2N2O. The molecule has 2 aromatic carbocycles. The molecule has 2 aromatic rings. The molecule has 0 aliphatic heterocycles. The third-order valence-electron chi connectivity index (χ3n) is 2.41. The second kappa shape index (κ2) is 4.83. The average Bonchev–Trinajstić information content (AvgIpc) is 2.34. The summed E-state index contributed by atoms with van der Waals surface area (Å²) in [5, 5.41) is 2.17. The van der Waals surface area contributed by atoms with Gasteiger partial charge in [0.05, 0.1) is 5.56 Å². The van der Waals surface area contributed by atoms with Crippen molar-refractivity contribution in [2.75, 3.05) is 11.1 Å². The normalized spacial score (nSPS) is 10.1. The Kier molecular flexibility index (Phi) is 3.23. The molecule has 2 rings (SSSR count). The summed E-state index contributed by atoms with van der Waals surface area (Å²) in [6.07, 6.45) is 0. The van der Waals surface area contributed by atoms with Gasteiger partial charge in [-0.1, -0.05) is 18.2 Å². The second-order valence-corrected chi connectivity index (χ2v) is 3.64. The molecule has 0 saturated heterocycles. The minimum Gasteiger partial charge on any atom is -0.398 e. The first-order valence-electron chi connectivity index (χ1n) is 5.19. The van der Waals surface area contributed by atoms with Crippen molar-refractivity contribution < 1.29 is 13.6 Å². The van der Waals surface area contributed by atoms with E-state index in [2.05, 4.69) is 5.32 Å². The summed E-state index contributed by atoms with van der Waals surface area (Å²) >= 11 is 0. The number of hydrogen-bond acceptors (Lipinski definition) is 2. The molecule has 3 N–H and O–H groups in total. The lowest BCUT2D eigenvalue weighted by atomic mass is 10.1. The third-order valence-corrected chi connectivity index (χ3v) is 2.41. The molecule has 0 unspecified atom stereocenters. The van der Waals surface area contributed by atoms with Gasteiger partial charge in [-0.25, -0.2) is 8.78 Å². The van der Waals surface area contributed by atoms with E-state index in [0.717, 1.165) is 12.1 Å². The van der Waals surface area contributed by atoms with Crippen molar-refractivity contribution in [3.05, 3.63) is 59.7 Å². The number of carbonyl (C=O) groups excluding carboxylic acids is 1. The van der Waals surface area contributed by atoms with Crippen molar-refractivity contribution >= 4 is 17.3 Å². The molecule has 0 saturated carbocycles. The number of amides is 1. The van der Waals surface area contributed by atoms with Crippen LogP contribution in [0.3, 0.4) is 0 Å². The third kappa shape index (κ3) is 2.29. The van der Waals surface area contributed by atoms with E-state index in [1.807, 2.05) is 0 Å². The standard InChI is InChI=1S/C13H10F2N2O/c14-9-5-3-6-10(15)12(9)17-13(18)8-4-1-2-7-11(8)16/h1-7H,16H2,(H,17,18). The van der Waals surface area contributed by atoms with Crippen LogP contribution in [-0.2, 0) is 0 Å². The van der Waals surface area contributed by atoms with E-state index in [9.17, 15) is 13.6 Å². The lowest BCUT2D eigenvalue weighted by Crippen LogP contribution is -2.15. The Morgan fingerprint density at radius 2 is 1.61 bits per heavy atom. The minimum atomic E-state index is -0.835. The highest BCUT2D eigenvalue weighted by molar-refractivity contribution is 6.07. The van der Waals surface area contributed by atoms with Crippen LogP contribution in [0, 0.1) is 11.6 Å². The topological polar surface area (TPSA) is 55.1 Å². The number of hydrogen-bond donors (Lipinski definition) is 2. The molecule has 0 spiro atoms. The van der Waals surface area contributed by atoms with Gasteiger partial charge >= 0.3 is 0 Å². The summed E-state index contributed by atoms with van der Waals surface area (Å²) in [7, 11) is 0. The van der Waals surface area contributed by atoms with E-state index in [-0.39, 0.29) is 11.3 Å². The SMILES string of the molecule is Nc1ccccc1C(=O)Nc1c(F)cccc1F. The lowest BCUT2D eigenvalue weighted by molar-refractivity contribution is 0.102. The number of rotatable bonds is 2. The Balaban J connectivity index is 2.30. The van der Waals surface area contributed by atoms with Gasteiger partial charge in [0.15, 0.2) is 0 Å². The van der Waals surface area contributed by atoms with Crippen LogP contribution >= 0.6 is 0 Å². The van der Waals surface area contributed by atoms with Crippen LogP contribution in [0.5, 0.6) is 0 Å². The molecular weight excluding hydrogens is 238 g/mol. The van der Waals surface area contributed by atoms with Gasteiger partial charge < -0.3 is 11.1 Å². The number of carbonyl (C=O) groups is 1. The van der Waals surface area contributed by atoms with Gasteiger partial charge in [-0.2, -0.15) is 0 Å². The van der Waals surface area contributed by atoms with E-state index in [1.54, 1.807) is 12.1 Å². The first-order chi connectivity index (χ1) is 8.59. The number of anilines is 2. The summed E-state index contributed by atoms with van der Waals surface area (Å²) in [4.78, 5) is 11.8. The monoisotopic (exact) mass is 248 g/mol. The highest BCUT2D eigenvalue weighted by Gasteiger charge is 2.14. The molecule has 5 heteroatoms. The van der Waals surface area contributed by atoms with Crippen molar-refractivity contribution in [2.24, 2.45) is 0 Å². The first kappa shape index (κ1) is 12.0. The molecule has 0 bridgehead atoms. The number of halogens is 2. The zero-order chi connectivity index (χ0) is 13.1. The molecule has 0 aliphatic rings.